The first-order chi connectivity index (χ1) is 14.6. The van der Waals surface area contributed by atoms with Crippen LogP contribution in [0.2, 0.25) is 0 Å². The lowest BCUT2D eigenvalue weighted by Gasteiger charge is -2.25. The molecule has 1 fully saturated rings. The highest BCUT2D eigenvalue weighted by Gasteiger charge is 2.35. The molecular weight excluding hydrogens is 404 g/mol. The number of esters is 1. The number of aldehydes is 1. The van der Waals surface area contributed by atoms with Crippen molar-refractivity contribution in [1.29, 1.82) is 0 Å². The maximum absolute atomic E-state index is 12.0. The van der Waals surface area contributed by atoms with Crippen molar-refractivity contribution in [3.63, 3.8) is 0 Å². The fraction of sp³-hybridized carbons (Fsp3) is 0.864. The van der Waals surface area contributed by atoms with Crippen molar-refractivity contribution in [3.05, 3.63) is 0 Å². The molecule has 1 rings (SSSR count). The van der Waals surface area contributed by atoms with Crippen molar-refractivity contribution in [1.82, 2.24) is 10.6 Å². The second-order valence-corrected chi connectivity index (χ2v) is 9.04. The van der Waals surface area contributed by atoms with Crippen LogP contribution >= 0.6 is 0 Å². The van der Waals surface area contributed by atoms with Gasteiger partial charge < -0.3 is 34.4 Å². The van der Waals surface area contributed by atoms with E-state index < -0.39 is 5.60 Å². The molecule has 1 aliphatic rings. The molecule has 0 radical (unpaired) electrons. The summed E-state index contributed by atoms with van der Waals surface area (Å²) in [6, 6.07) is 0.135. The van der Waals surface area contributed by atoms with Gasteiger partial charge in [0, 0.05) is 18.0 Å². The van der Waals surface area contributed by atoms with E-state index in [1.807, 2.05) is 20.8 Å². The van der Waals surface area contributed by atoms with E-state index in [0.29, 0.717) is 52.6 Å². The molecule has 9 heteroatoms. The van der Waals surface area contributed by atoms with Gasteiger partial charge in [-0.25, -0.2) is 0 Å². The van der Waals surface area contributed by atoms with Crippen LogP contribution < -0.4 is 10.6 Å². The Hall–Kier alpha value is -1.55. The average molecular weight is 445 g/mol. The van der Waals surface area contributed by atoms with Gasteiger partial charge in [0.15, 0.2) is 0 Å². The Bertz CT molecular complexity index is 550. The molecule has 1 saturated carbocycles. The molecule has 31 heavy (non-hydrogen) atoms. The number of hydrogen-bond acceptors (Lipinski definition) is 8. The molecule has 180 valence electrons. The molecule has 1 amide bonds. The van der Waals surface area contributed by atoms with Crippen molar-refractivity contribution in [2.45, 2.75) is 77.0 Å². The Labute approximate surface area is 185 Å². The van der Waals surface area contributed by atoms with Crippen LogP contribution in [-0.4, -0.2) is 81.5 Å². The number of carbonyl (C=O) groups excluding carboxylic acids is 3. The molecule has 0 bridgehead atoms. The SMILES string of the molecule is CC1(NCC=O)CCC(NC(=O)CCOCCOCCOCCC(=O)OC(C)(C)C)C1. The molecule has 2 unspecified atom stereocenters. The highest BCUT2D eigenvalue weighted by molar-refractivity contribution is 5.76. The summed E-state index contributed by atoms with van der Waals surface area (Å²) in [4.78, 5) is 34.1. The van der Waals surface area contributed by atoms with Crippen molar-refractivity contribution in [2.24, 2.45) is 0 Å². The maximum Gasteiger partial charge on any atom is 0.308 e. The molecule has 0 aromatic heterocycles. The van der Waals surface area contributed by atoms with Gasteiger partial charge in [0.05, 0.1) is 52.6 Å². The quantitative estimate of drug-likeness (QED) is 0.209. The lowest BCUT2D eigenvalue weighted by molar-refractivity contribution is -0.156. The number of hydrogen-bond donors (Lipinski definition) is 2. The third-order valence-electron chi connectivity index (χ3n) is 4.81. The van der Waals surface area contributed by atoms with Crippen LogP contribution in [0.1, 0.15) is 59.8 Å². The molecule has 0 aromatic rings. The Morgan fingerprint density at radius 3 is 2.16 bits per heavy atom. The highest BCUT2D eigenvalue weighted by atomic mass is 16.6. The third-order valence-corrected chi connectivity index (χ3v) is 4.81. The standard InChI is InChI=1S/C22H40N2O7/c1-21(2,3)31-20(27)7-12-29-14-16-30-15-13-28-11-6-19(26)24-18-5-8-22(4,17-18)23-9-10-25/h10,18,23H,5-9,11-17H2,1-4H3,(H,24,26). The summed E-state index contributed by atoms with van der Waals surface area (Å²) in [7, 11) is 0. The van der Waals surface area contributed by atoms with Gasteiger partial charge in [-0.2, -0.15) is 0 Å². The van der Waals surface area contributed by atoms with E-state index in [0.717, 1.165) is 25.5 Å². The summed E-state index contributed by atoms with van der Waals surface area (Å²) in [5, 5.41) is 6.26. The van der Waals surface area contributed by atoms with Crippen molar-refractivity contribution in [2.75, 3.05) is 46.2 Å². The maximum atomic E-state index is 12.0. The lowest BCUT2D eigenvalue weighted by Crippen LogP contribution is -2.43. The monoisotopic (exact) mass is 444 g/mol. The molecule has 9 nitrogen and oxygen atoms in total. The zero-order chi connectivity index (χ0) is 23.2. The van der Waals surface area contributed by atoms with E-state index in [9.17, 15) is 14.4 Å². The molecule has 0 aliphatic heterocycles. The molecule has 2 N–H and O–H groups in total. The Balaban J connectivity index is 1.91. The first-order valence-electron chi connectivity index (χ1n) is 11.1. The largest absolute Gasteiger partial charge is 0.460 e. The van der Waals surface area contributed by atoms with Gasteiger partial charge in [0.2, 0.25) is 5.91 Å². The second kappa shape index (κ2) is 14.5. The number of carbonyl (C=O) groups is 3. The van der Waals surface area contributed by atoms with Crippen molar-refractivity contribution in [3.8, 4) is 0 Å². The zero-order valence-electron chi connectivity index (χ0n) is 19.5. The first kappa shape index (κ1) is 27.5. The van der Waals surface area contributed by atoms with E-state index in [1.165, 1.54) is 0 Å². The fourth-order valence-corrected chi connectivity index (χ4v) is 3.37. The summed E-state index contributed by atoms with van der Waals surface area (Å²) < 4.78 is 21.3. The van der Waals surface area contributed by atoms with Gasteiger partial charge in [-0.3, -0.25) is 9.59 Å². The number of ether oxygens (including phenoxy) is 4. The van der Waals surface area contributed by atoms with Crippen LogP contribution in [0.3, 0.4) is 0 Å². The zero-order valence-corrected chi connectivity index (χ0v) is 19.5. The minimum atomic E-state index is -0.478. The highest BCUT2D eigenvalue weighted by Crippen LogP contribution is 2.29. The smallest absolute Gasteiger partial charge is 0.308 e. The van der Waals surface area contributed by atoms with Crippen LogP contribution in [0.4, 0.5) is 0 Å². The van der Waals surface area contributed by atoms with Crippen LogP contribution in [0.15, 0.2) is 0 Å². The van der Waals surface area contributed by atoms with E-state index in [2.05, 4.69) is 17.6 Å². The lowest BCUT2D eigenvalue weighted by atomic mass is 10.0. The van der Waals surface area contributed by atoms with E-state index in [-0.39, 0.29) is 29.9 Å². The summed E-state index contributed by atoms with van der Waals surface area (Å²) in [6.45, 7) is 10.2. The summed E-state index contributed by atoms with van der Waals surface area (Å²) >= 11 is 0. The first-order valence-corrected chi connectivity index (χ1v) is 11.1. The van der Waals surface area contributed by atoms with E-state index >= 15 is 0 Å². The van der Waals surface area contributed by atoms with Gasteiger partial charge in [0.1, 0.15) is 11.9 Å². The molecule has 0 saturated heterocycles. The molecule has 0 aromatic carbocycles. The van der Waals surface area contributed by atoms with Crippen LogP contribution in [0, 0.1) is 0 Å². The van der Waals surface area contributed by atoms with Crippen LogP contribution in [0.5, 0.6) is 0 Å². The van der Waals surface area contributed by atoms with Gasteiger partial charge in [-0.05, 0) is 47.0 Å². The molecule has 0 spiro atoms. The van der Waals surface area contributed by atoms with Crippen LogP contribution in [-0.2, 0) is 33.3 Å². The third kappa shape index (κ3) is 14.2. The number of rotatable bonds is 16. The van der Waals surface area contributed by atoms with Gasteiger partial charge in [-0.1, -0.05) is 0 Å². The predicted molar refractivity (Wildman–Crippen MR) is 116 cm³/mol. The van der Waals surface area contributed by atoms with Crippen LogP contribution in [0.25, 0.3) is 0 Å². The minimum absolute atomic E-state index is 0.0241. The normalized spacial score (nSPS) is 21.1. The van der Waals surface area contributed by atoms with Gasteiger partial charge in [-0.15, -0.1) is 0 Å². The summed E-state index contributed by atoms with van der Waals surface area (Å²) in [6.07, 6.45) is 4.05. The van der Waals surface area contributed by atoms with Crippen molar-refractivity contribution >= 4 is 18.2 Å². The molecule has 2 atom stereocenters. The number of amides is 1. The summed E-state index contributed by atoms with van der Waals surface area (Å²) in [5.74, 6) is -0.300. The van der Waals surface area contributed by atoms with Gasteiger partial charge in [0.25, 0.3) is 0 Å². The second-order valence-electron chi connectivity index (χ2n) is 9.04. The fourth-order valence-electron chi connectivity index (χ4n) is 3.37. The minimum Gasteiger partial charge on any atom is -0.460 e. The topological polar surface area (TPSA) is 112 Å². The van der Waals surface area contributed by atoms with Gasteiger partial charge >= 0.3 is 5.97 Å². The average Bonchev–Trinajstić information content (AvgIpc) is 3.04. The van der Waals surface area contributed by atoms with E-state index in [4.69, 9.17) is 18.9 Å². The molecule has 0 heterocycles. The Morgan fingerprint density at radius 1 is 1.00 bits per heavy atom. The Kier molecular flexibility index (Phi) is 12.9. The summed E-state index contributed by atoms with van der Waals surface area (Å²) in [5.41, 5.74) is -0.569. The predicted octanol–water partition coefficient (Wildman–Crippen LogP) is 1.37. The Morgan fingerprint density at radius 2 is 1.58 bits per heavy atom. The number of nitrogens with one attached hydrogen (secondary N) is 2. The van der Waals surface area contributed by atoms with E-state index in [1.54, 1.807) is 0 Å². The van der Waals surface area contributed by atoms with Crippen molar-refractivity contribution < 1.29 is 33.3 Å². The molecule has 1 aliphatic carbocycles. The molecular formula is C22H40N2O7.